The van der Waals surface area contributed by atoms with Gasteiger partial charge in [0.1, 0.15) is 5.75 Å². The Bertz CT molecular complexity index is 1020. The molecule has 2 aromatic carbocycles. The van der Waals surface area contributed by atoms with Crippen LogP contribution in [0.4, 0.5) is 5.69 Å². The third-order valence-electron chi connectivity index (χ3n) is 3.90. The minimum Gasteiger partial charge on any atom is -0.495 e. The Morgan fingerprint density at radius 3 is 2.76 bits per heavy atom. The summed E-state index contributed by atoms with van der Waals surface area (Å²) in [6.45, 7) is 4.34. The summed E-state index contributed by atoms with van der Waals surface area (Å²) < 4.78 is 8.16. The zero-order chi connectivity index (χ0) is 20.8. The van der Waals surface area contributed by atoms with E-state index in [1.54, 1.807) is 24.3 Å². The number of carbonyl (C=O) groups is 1. The van der Waals surface area contributed by atoms with Crippen molar-refractivity contribution in [1.29, 1.82) is 0 Å². The molecule has 0 spiro atoms. The van der Waals surface area contributed by atoms with Crippen molar-refractivity contribution in [3.8, 4) is 17.1 Å². The Morgan fingerprint density at radius 2 is 2.07 bits per heavy atom. The van der Waals surface area contributed by atoms with Crippen molar-refractivity contribution >= 4 is 50.9 Å². The van der Waals surface area contributed by atoms with Gasteiger partial charge in [0.2, 0.25) is 5.91 Å². The molecule has 1 heterocycles. The van der Waals surface area contributed by atoms with Gasteiger partial charge in [-0.2, -0.15) is 0 Å². The van der Waals surface area contributed by atoms with Gasteiger partial charge in [0.15, 0.2) is 11.0 Å². The van der Waals surface area contributed by atoms with Crippen molar-refractivity contribution in [2.24, 2.45) is 0 Å². The Morgan fingerprint density at radius 1 is 1.31 bits per heavy atom. The molecule has 150 valence electrons. The molecule has 1 N–H and O–H groups in total. The number of benzene rings is 2. The van der Waals surface area contributed by atoms with Gasteiger partial charge in [-0.1, -0.05) is 57.5 Å². The van der Waals surface area contributed by atoms with Gasteiger partial charge in [-0.25, -0.2) is 0 Å². The van der Waals surface area contributed by atoms with Gasteiger partial charge >= 0.3 is 0 Å². The van der Waals surface area contributed by atoms with Crippen molar-refractivity contribution in [3.05, 3.63) is 64.6 Å². The van der Waals surface area contributed by atoms with Gasteiger partial charge in [-0.05, 0) is 30.3 Å². The van der Waals surface area contributed by atoms with Gasteiger partial charge < -0.3 is 10.1 Å². The maximum Gasteiger partial charge on any atom is 0.234 e. The highest BCUT2D eigenvalue weighted by molar-refractivity contribution is 9.10. The van der Waals surface area contributed by atoms with Crippen LogP contribution in [0.3, 0.4) is 0 Å². The van der Waals surface area contributed by atoms with Crippen molar-refractivity contribution in [2.75, 3.05) is 18.2 Å². The Hall–Kier alpha value is -2.29. The van der Waals surface area contributed by atoms with Gasteiger partial charge in [0.25, 0.3) is 0 Å². The summed E-state index contributed by atoms with van der Waals surface area (Å²) in [6, 6.07) is 12.9. The summed E-state index contributed by atoms with van der Waals surface area (Å²) in [6.07, 6.45) is 1.77. The van der Waals surface area contributed by atoms with Crippen LogP contribution >= 0.6 is 39.3 Å². The molecule has 6 nitrogen and oxygen atoms in total. The fourth-order valence-electron chi connectivity index (χ4n) is 2.60. The smallest absolute Gasteiger partial charge is 0.234 e. The van der Waals surface area contributed by atoms with Crippen LogP contribution in [0.25, 0.3) is 11.4 Å². The van der Waals surface area contributed by atoms with E-state index < -0.39 is 0 Å². The van der Waals surface area contributed by atoms with Crippen LogP contribution in [-0.2, 0) is 11.3 Å². The average Bonchev–Trinajstić information content (AvgIpc) is 3.10. The van der Waals surface area contributed by atoms with Crippen molar-refractivity contribution in [3.63, 3.8) is 0 Å². The first-order chi connectivity index (χ1) is 14.0. The van der Waals surface area contributed by atoms with E-state index in [4.69, 9.17) is 16.3 Å². The first kappa shape index (κ1) is 21.4. The molecule has 1 amide bonds. The number of nitrogens with zero attached hydrogens (tertiary/aromatic N) is 3. The van der Waals surface area contributed by atoms with E-state index in [1.165, 1.54) is 18.9 Å². The van der Waals surface area contributed by atoms with E-state index in [2.05, 4.69) is 38.0 Å². The summed E-state index contributed by atoms with van der Waals surface area (Å²) in [7, 11) is 1.54. The molecule has 9 heteroatoms. The quantitative estimate of drug-likeness (QED) is 0.341. The number of methoxy groups -OCH3 is 1. The molecule has 29 heavy (non-hydrogen) atoms. The van der Waals surface area contributed by atoms with Crippen LogP contribution in [0, 0.1) is 0 Å². The van der Waals surface area contributed by atoms with E-state index in [1.807, 2.05) is 28.8 Å². The van der Waals surface area contributed by atoms with Crippen molar-refractivity contribution in [2.45, 2.75) is 11.7 Å². The lowest BCUT2D eigenvalue weighted by Crippen LogP contribution is -2.15. The molecule has 0 saturated carbocycles. The third-order valence-corrected chi connectivity index (χ3v) is 5.63. The highest BCUT2D eigenvalue weighted by Crippen LogP contribution is 2.29. The SMILES string of the molecule is C=CCn1c(SCC(=O)Nc2cc(Cl)ccc2OC)nnc1-c1ccc(Br)cc1. The third kappa shape index (κ3) is 5.41. The monoisotopic (exact) mass is 492 g/mol. The molecular formula is C20H18BrClN4O2S. The molecule has 0 bridgehead atoms. The van der Waals surface area contributed by atoms with Crippen LogP contribution in [0.15, 0.2) is 64.7 Å². The number of nitrogens with one attached hydrogen (secondary N) is 1. The first-order valence-corrected chi connectivity index (χ1v) is 10.7. The summed E-state index contributed by atoms with van der Waals surface area (Å²) in [5.41, 5.74) is 1.45. The van der Waals surface area contributed by atoms with E-state index in [0.29, 0.717) is 28.2 Å². The number of hydrogen-bond donors (Lipinski definition) is 1. The van der Waals surface area contributed by atoms with Crippen LogP contribution in [0.5, 0.6) is 5.75 Å². The minimum absolute atomic E-state index is 0.158. The molecule has 0 aliphatic rings. The van der Waals surface area contributed by atoms with Gasteiger partial charge in [0, 0.05) is 21.6 Å². The summed E-state index contributed by atoms with van der Waals surface area (Å²) in [5.74, 6) is 1.22. The molecule has 0 atom stereocenters. The molecule has 0 aliphatic heterocycles. The van der Waals surface area contributed by atoms with E-state index in [0.717, 1.165) is 15.9 Å². The van der Waals surface area contributed by atoms with E-state index in [9.17, 15) is 4.79 Å². The van der Waals surface area contributed by atoms with Crippen LogP contribution in [-0.4, -0.2) is 33.5 Å². The molecule has 0 fully saturated rings. The topological polar surface area (TPSA) is 69.0 Å². The lowest BCUT2D eigenvalue weighted by Gasteiger charge is -2.11. The highest BCUT2D eigenvalue weighted by Gasteiger charge is 2.16. The van der Waals surface area contributed by atoms with Crippen LogP contribution < -0.4 is 10.1 Å². The molecule has 0 radical (unpaired) electrons. The van der Waals surface area contributed by atoms with Crippen molar-refractivity contribution < 1.29 is 9.53 Å². The van der Waals surface area contributed by atoms with Gasteiger partial charge in [0.05, 0.1) is 18.6 Å². The Labute approximate surface area is 186 Å². The number of thioether (sulfide) groups is 1. The number of rotatable bonds is 8. The second-order valence-electron chi connectivity index (χ2n) is 5.89. The highest BCUT2D eigenvalue weighted by atomic mass is 79.9. The van der Waals surface area contributed by atoms with Crippen LogP contribution in [0.2, 0.25) is 5.02 Å². The number of anilines is 1. The van der Waals surface area contributed by atoms with Gasteiger partial charge in [-0.15, -0.1) is 16.8 Å². The number of allylic oxidation sites excluding steroid dienone is 1. The average molecular weight is 494 g/mol. The number of amides is 1. The number of halogens is 2. The fourth-order valence-corrected chi connectivity index (χ4v) is 3.78. The fraction of sp³-hybridized carbons (Fsp3) is 0.150. The molecule has 0 saturated heterocycles. The molecule has 0 aliphatic carbocycles. The zero-order valence-corrected chi connectivity index (χ0v) is 18.7. The van der Waals surface area contributed by atoms with E-state index in [-0.39, 0.29) is 11.7 Å². The zero-order valence-electron chi connectivity index (χ0n) is 15.6. The maximum atomic E-state index is 12.4. The predicted octanol–water partition coefficient (Wildman–Crippen LogP) is 5.29. The largest absolute Gasteiger partial charge is 0.495 e. The summed E-state index contributed by atoms with van der Waals surface area (Å²) in [5, 5.41) is 12.5. The minimum atomic E-state index is -0.200. The second kappa shape index (κ2) is 9.96. The predicted molar refractivity (Wildman–Crippen MR) is 121 cm³/mol. The van der Waals surface area contributed by atoms with Crippen molar-refractivity contribution in [1.82, 2.24) is 14.8 Å². The number of hydrogen-bond acceptors (Lipinski definition) is 5. The molecule has 3 rings (SSSR count). The standard InChI is InChI=1S/C20H18BrClN4O2S/c1-3-10-26-19(13-4-6-14(21)7-5-13)24-25-20(26)29-12-18(27)23-16-11-15(22)8-9-17(16)28-2/h3-9,11H,1,10,12H2,2H3,(H,23,27). The Kier molecular flexibility index (Phi) is 7.35. The normalized spacial score (nSPS) is 10.6. The lowest BCUT2D eigenvalue weighted by atomic mass is 10.2. The molecule has 0 unspecified atom stereocenters. The first-order valence-electron chi connectivity index (χ1n) is 8.58. The van der Waals surface area contributed by atoms with Crippen LogP contribution in [0.1, 0.15) is 0 Å². The summed E-state index contributed by atoms with van der Waals surface area (Å²) >= 11 is 10.7. The number of aromatic nitrogens is 3. The lowest BCUT2D eigenvalue weighted by molar-refractivity contribution is -0.113. The van der Waals surface area contributed by atoms with E-state index >= 15 is 0 Å². The number of carbonyl (C=O) groups excluding carboxylic acids is 1. The molecule has 3 aromatic rings. The molecule has 1 aromatic heterocycles. The molecular weight excluding hydrogens is 476 g/mol. The maximum absolute atomic E-state index is 12.4. The second-order valence-corrected chi connectivity index (χ2v) is 8.19. The summed E-state index contributed by atoms with van der Waals surface area (Å²) in [4.78, 5) is 12.4. The Balaban J connectivity index is 1.73. The number of ether oxygens (including phenoxy) is 1. The van der Waals surface area contributed by atoms with Gasteiger partial charge in [-0.3, -0.25) is 9.36 Å².